The Balaban J connectivity index is 2.15. The highest BCUT2D eigenvalue weighted by molar-refractivity contribution is 5.34. The second-order valence-corrected chi connectivity index (χ2v) is 4.34. The van der Waals surface area contributed by atoms with E-state index in [-0.39, 0.29) is 0 Å². The first-order chi connectivity index (χ1) is 7.98. The number of aromatic nitrogens is 1. The zero-order valence-electron chi connectivity index (χ0n) is 9.50. The first kappa shape index (κ1) is 12.2. The molecule has 1 aliphatic rings. The minimum absolute atomic E-state index is 0.305. The molecule has 94 valence electrons. The predicted octanol–water partition coefficient (Wildman–Crippen LogP) is 3.68. The molecule has 0 bridgehead atoms. The van der Waals surface area contributed by atoms with E-state index in [1.165, 1.54) is 12.3 Å². The van der Waals surface area contributed by atoms with Gasteiger partial charge >= 0.3 is 6.18 Å². The Kier molecular flexibility index (Phi) is 3.26. The molecule has 1 aliphatic carbocycles. The third kappa shape index (κ3) is 2.70. The van der Waals surface area contributed by atoms with Crippen LogP contribution < -0.4 is 4.74 Å². The van der Waals surface area contributed by atoms with Gasteiger partial charge in [0.25, 0.3) is 0 Å². The molecule has 0 aromatic carbocycles. The van der Waals surface area contributed by atoms with Gasteiger partial charge in [-0.15, -0.1) is 0 Å². The summed E-state index contributed by atoms with van der Waals surface area (Å²) in [4.78, 5) is 3.96. The van der Waals surface area contributed by atoms with Crippen molar-refractivity contribution in [2.45, 2.75) is 44.4 Å². The summed E-state index contributed by atoms with van der Waals surface area (Å²) in [5.41, 5.74) is 0.801. The van der Waals surface area contributed by atoms with Gasteiger partial charge in [0, 0.05) is 18.0 Å². The van der Waals surface area contributed by atoms with Crippen LogP contribution in [0.3, 0.4) is 0 Å². The summed E-state index contributed by atoms with van der Waals surface area (Å²) in [7, 11) is 0. The van der Waals surface area contributed by atoms with Crippen LogP contribution >= 0.6 is 0 Å². The summed E-state index contributed by atoms with van der Waals surface area (Å²) in [6, 6.07) is 1.51. The van der Waals surface area contributed by atoms with Crippen LogP contribution in [0.25, 0.3) is 0 Å². The quantitative estimate of drug-likeness (QED) is 0.810. The normalized spacial score (nSPS) is 18.6. The van der Waals surface area contributed by atoms with E-state index in [1.807, 2.05) is 0 Å². The van der Waals surface area contributed by atoms with E-state index in [0.717, 1.165) is 31.7 Å². The van der Waals surface area contributed by atoms with Gasteiger partial charge in [-0.25, -0.2) is 0 Å². The topological polar surface area (TPSA) is 22.1 Å². The van der Waals surface area contributed by atoms with E-state index in [2.05, 4.69) is 4.98 Å². The van der Waals surface area contributed by atoms with Crippen molar-refractivity contribution in [2.24, 2.45) is 0 Å². The van der Waals surface area contributed by atoms with Gasteiger partial charge in [0.2, 0.25) is 0 Å². The summed E-state index contributed by atoms with van der Waals surface area (Å²) < 4.78 is 42.3. The Bertz CT molecular complexity index is 388. The Hall–Kier alpha value is -1.26. The third-order valence-corrected chi connectivity index (χ3v) is 3.12. The molecule has 1 aromatic rings. The Morgan fingerprint density at radius 2 is 2.12 bits per heavy atom. The molecule has 0 saturated heterocycles. The summed E-state index contributed by atoms with van der Waals surface area (Å²) >= 11 is 0. The van der Waals surface area contributed by atoms with Gasteiger partial charge in [0.1, 0.15) is 5.75 Å². The van der Waals surface area contributed by atoms with Crippen LogP contribution in [-0.2, 0) is 0 Å². The van der Waals surface area contributed by atoms with Gasteiger partial charge in [-0.2, -0.15) is 13.2 Å². The van der Waals surface area contributed by atoms with Crippen molar-refractivity contribution in [2.75, 3.05) is 0 Å². The second-order valence-electron chi connectivity index (χ2n) is 4.34. The van der Waals surface area contributed by atoms with Crippen LogP contribution in [-0.4, -0.2) is 17.3 Å². The lowest BCUT2D eigenvalue weighted by Gasteiger charge is -2.28. The summed E-state index contributed by atoms with van der Waals surface area (Å²) in [6.07, 6.45) is 0.0746. The van der Waals surface area contributed by atoms with Crippen molar-refractivity contribution < 1.29 is 17.9 Å². The number of ether oxygens (including phenoxy) is 1. The molecule has 1 fully saturated rings. The molecule has 1 aromatic heterocycles. The van der Waals surface area contributed by atoms with Crippen LogP contribution in [0, 0.1) is 0 Å². The van der Waals surface area contributed by atoms with Crippen LogP contribution in [0.4, 0.5) is 13.2 Å². The van der Waals surface area contributed by atoms with Crippen LogP contribution in [0.5, 0.6) is 5.75 Å². The van der Waals surface area contributed by atoms with Gasteiger partial charge in [-0.05, 0) is 31.7 Å². The fourth-order valence-corrected chi connectivity index (χ4v) is 1.78. The smallest absolute Gasteiger partial charge is 0.425 e. The van der Waals surface area contributed by atoms with Gasteiger partial charge in [-0.1, -0.05) is 6.42 Å². The lowest BCUT2D eigenvalue weighted by molar-refractivity contribution is -0.189. The SMILES string of the molecule is CC(Oc1ccncc1C1CCC1)C(F)(F)F. The minimum atomic E-state index is -4.33. The highest BCUT2D eigenvalue weighted by Crippen LogP contribution is 2.41. The molecule has 0 spiro atoms. The molecule has 0 amide bonds. The molecule has 0 radical (unpaired) electrons. The standard InChI is InChI=1S/C12H14F3NO/c1-8(12(13,14)15)17-11-5-6-16-7-10(11)9-3-2-4-9/h5-9H,2-4H2,1H3. The molecule has 1 unspecified atom stereocenters. The molecule has 0 N–H and O–H groups in total. The molecule has 1 atom stereocenters. The summed E-state index contributed by atoms with van der Waals surface area (Å²) in [6.45, 7) is 1.02. The van der Waals surface area contributed by atoms with Crippen molar-refractivity contribution in [1.29, 1.82) is 0 Å². The molecular weight excluding hydrogens is 231 g/mol. The van der Waals surface area contributed by atoms with Gasteiger partial charge in [0.05, 0.1) is 0 Å². The van der Waals surface area contributed by atoms with E-state index in [1.54, 1.807) is 6.20 Å². The molecular formula is C12H14F3NO. The molecule has 2 rings (SSSR count). The maximum Gasteiger partial charge on any atom is 0.425 e. The fourth-order valence-electron chi connectivity index (χ4n) is 1.78. The highest BCUT2D eigenvalue weighted by atomic mass is 19.4. The van der Waals surface area contributed by atoms with Crippen molar-refractivity contribution in [3.8, 4) is 5.75 Å². The van der Waals surface area contributed by atoms with Crippen LogP contribution in [0.2, 0.25) is 0 Å². The number of alkyl halides is 3. The average Bonchev–Trinajstić information content (AvgIpc) is 2.16. The fraction of sp³-hybridized carbons (Fsp3) is 0.583. The number of nitrogens with zero attached hydrogens (tertiary/aromatic N) is 1. The summed E-state index contributed by atoms with van der Waals surface area (Å²) in [5, 5.41) is 0. The largest absolute Gasteiger partial charge is 0.481 e. The number of pyridine rings is 1. The van der Waals surface area contributed by atoms with Crippen molar-refractivity contribution >= 4 is 0 Å². The van der Waals surface area contributed by atoms with Gasteiger partial charge in [0.15, 0.2) is 6.10 Å². The van der Waals surface area contributed by atoms with Crippen LogP contribution in [0.15, 0.2) is 18.5 Å². The van der Waals surface area contributed by atoms with Gasteiger partial charge < -0.3 is 4.74 Å². The van der Waals surface area contributed by atoms with Crippen molar-refractivity contribution in [3.63, 3.8) is 0 Å². The first-order valence-corrected chi connectivity index (χ1v) is 5.66. The zero-order valence-corrected chi connectivity index (χ0v) is 9.50. The number of halogens is 3. The molecule has 2 nitrogen and oxygen atoms in total. The third-order valence-electron chi connectivity index (χ3n) is 3.12. The second kappa shape index (κ2) is 4.55. The molecule has 17 heavy (non-hydrogen) atoms. The maximum atomic E-state index is 12.4. The Morgan fingerprint density at radius 3 is 2.65 bits per heavy atom. The minimum Gasteiger partial charge on any atom is -0.481 e. The van der Waals surface area contributed by atoms with E-state index in [0.29, 0.717) is 11.7 Å². The number of hydrogen-bond donors (Lipinski definition) is 0. The highest BCUT2D eigenvalue weighted by Gasteiger charge is 2.38. The molecule has 0 aliphatic heterocycles. The molecule has 1 heterocycles. The zero-order chi connectivity index (χ0) is 12.5. The Morgan fingerprint density at radius 1 is 1.41 bits per heavy atom. The Labute approximate surface area is 97.8 Å². The number of rotatable bonds is 3. The predicted molar refractivity (Wildman–Crippen MR) is 57.0 cm³/mol. The average molecular weight is 245 g/mol. The van der Waals surface area contributed by atoms with Crippen LogP contribution in [0.1, 0.15) is 37.7 Å². The van der Waals surface area contributed by atoms with E-state index < -0.39 is 12.3 Å². The molecule has 5 heteroatoms. The van der Waals surface area contributed by atoms with Gasteiger partial charge in [-0.3, -0.25) is 4.98 Å². The number of hydrogen-bond acceptors (Lipinski definition) is 2. The maximum absolute atomic E-state index is 12.4. The lowest BCUT2D eigenvalue weighted by Crippen LogP contribution is -2.31. The molecule has 1 saturated carbocycles. The van der Waals surface area contributed by atoms with Crippen molar-refractivity contribution in [1.82, 2.24) is 4.98 Å². The van der Waals surface area contributed by atoms with Crippen molar-refractivity contribution in [3.05, 3.63) is 24.0 Å². The van der Waals surface area contributed by atoms with E-state index >= 15 is 0 Å². The lowest BCUT2D eigenvalue weighted by atomic mass is 9.80. The van der Waals surface area contributed by atoms with E-state index in [4.69, 9.17) is 4.74 Å². The monoisotopic (exact) mass is 245 g/mol. The summed E-state index contributed by atoms with van der Waals surface area (Å²) in [5.74, 6) is 0.619. The first-order valence-electron chi connectivity index (χ1n) is 5.66. The van der Waals surface area contributed by atoms with E-state index in [9.17, 15) is 13.2 Å².